The Labute approximate surface area is 177 Å². The number of nitrogens with zero attached hydrogens (tertiary/aromatic N) is 4. The number of rotatable bonds is 6. The third-order valence-electron chi connectivity index (χ3n) is 4.08. The van der Waals surface area contributed by atoms with Crippen molar-refractivity contribution in [3.8, 4) is 5.75 Å². The molecule has 12 nitrogen and oxygen atoms in total. The monoisotopic (exact) mass is 467 g/mol. The van der Waals surface area contributed by atoms with Gasteiger partial charge in [0, 0.05) is 25.6 Å². The number of carbonyl (C=O) groups excluding carboxylic acids is 1. The highest BCUT2D eigenvalue weighted by atomic mass is 32.2. The summed E-state index contributed by atoms with van der Waals surface area (Å²) in [5.41, 5.74) is 1.30. The van der Waals surface area contributed by atoms with Gasteiger partial charge in [-0.2, -0.15) is 0 Å². The van der Waals surface area contributed by atoms with Crippen LogP contribution >= 0.6 is 0 Å². The molecule has 1 aromatic carbocycles. The maximum atomic E-state index is 13.1. The number of hydroxylamine groups is 1. The summed E-state index contributed by atoms with van der Waals surface area (Å²) in [6, 6.07) is 5.26. The molecule has 0 radical (unpaired) electrons. The average molecular weight is 467 g/mol. The first kappa shape index (κ1) is 22.2. The van der Waals surface area contributed by atoms with E-state index < -0.39 is 36.5 Å². The molecule has 1 aromatic heterocycles. The van der Waals surface area contributed by atoms with Crippen molar-refractivity contribution in [1.29, 1.82) is 0 Å². The van der Waals surface area contributed by atoms with E-state index in [1.165, 1.54) is 53.9 Å². The van der Waals surface area contributed by atoms with E-state index in [1.54, 1.807) is 7.05 Å². The number of carbonyl (C=O) groups is 1. The highest BCUT2D eigenvalue weighted by Gasteiger charge is 2.32. The van der Waals surface area contributed by atoms with Crippen molar-refractivity contribution in [2.24, 2.45) is 12.0 Å². The molecule has 3 rings (SSSR count). The van der Waals surface area contributed by atoms with Crippen LogP contribution in [0.1, 0.15) is 0 Å². The van der Waals surface area contributed by atoms with E-state index in [4.69, 9.17) is 9.94 Å². The molecule has 1 amide bonds. The van der Waals surface area contributed by atoms with Gasteiger partial charge in [-0.15, -0.1) is 0 Å². The number of aliphatic imine (C=N–C) groups is 1. The zero-order valence-electron chi connectivity index (χ0n) is 16.2. The number of aryl methyl sites for hydroxylation is 1. The molecule has 0 saturated carbocycles. The van der Waals surface area contributed by atoms with Crippen molar-refractivity contribution in [1.82, 2.24) is 19.3 Å². The Kier molecular flexibility index (Phi) is 5.97. The fourth-order valence-corrected chi connectivity index (χ4v) is 4.96. The molecule has 0 aliphatic carbocycles. The van der Waals surface area contributed by atoms with Gasteiger partial charge in [0.15, 0.2) is 5.03 Å². The summed E-state index contributed by atoms with van der Waals surface area (Å²) in [5, 5.41) is 8.72. The first-order valence-electron chi connectivity index (χ1n) is 8.43. The molecule has 0 saturated heterocycles. The summed E-state index contributed by atoms with van der Waals surface area (Å²) >= 11 is 0. The second kappa shape index (κ2) is 8.33. The van der Waals surface area contributed by atoms with Gasteiger partial charge in [0.1, 0.15) is 5.75 Å². The second-order valence-electron chi connectivity index (χ2n) is 6.10. The molecular formula is C17H17N5O7S2. The van der Waals surface area contributed by atoms with E-state index in [-0.39, 0.29) is 9.92 Å². The molecular weight excluding hydrogens is 450 g/mol. The number of ether oxygens (including phenoxy) is 1. The van der Waals surface area contributed by atoms with Crippen LogP contribution in [0.2, 0.25) is 0 Å². The maximum Gasteiger partial charge on any atom is 0.311 e. The number of nitrogens with one attached hydrogen (secondary N) is 1. The number of sulfone groups is 1. The van der Waals surface area contributed by atoms with E-state index in [2.05, 4.69) is 9.98 Å². The number of methoxy groups -OCH3 is 1. The summed E-state index contributed by atoms with van der Waals surface area (Å²) in [6.45, 7) is 0. The zero-order valence-corrected chi connectivity index (χ0v) is 17.8. The highest BCUT2D eigenvalue weighted by molar-refractivity contribution is 7.95. The zero-order chi connectivity index (χ0) is 22.8. The fourth-order valence-electron chi connectivity index (χ4n) is 2.51. The summed E-state index contributed by atoms with van der Waals surface area (Å²) in [5.74, 6) is -1.65. The first-order chi connectivity index (χ1) is 14.6. The molecule has 1 aliphatic heterocycles. The lowest BCUT2D eigenvalue weighted by molar-refractivity contribution is -0.122. The van der Waals surface area contributed by atoms with E-state index in [9.17, 15) is 21.6 Å². The molecule has 1 aliphatic rings. The van der Waals surface area contributed by atoms with Crippen LogP contribution in [-0.4, -0.2) is 54.8 Å². The largest absolute Gasteiger partial charge is 0.497 e. The maximum absolute atomic E-state index is 13.1. The number of hydrogen-bond donors (Lipinski definition) is 2. The fraction of sp³-hybridized carbons (Fsp3) is 0.118. The van der Waals surface area contributed by atoms with Crippen LogP contribution in [0.4, 0.5) is 0 Å². The minimum Gasteiger partial charge on any atom is -0.497 e. The molecule has 0 atom stereocenters. The Hall–Kier alpha value is -3.49. The quantitative estimate of drug-likeness (QED) is 0.449. The topological polar surface area (TPSA) is 160 Å². The van der Waals surface area contributed by atoms with E-state index >= 15 is 0 Å². The number of hydrogen-bond acceptors (Lipinski definition) is 9. The van der Waals surface area contributed by atoms with Crippen molar-refractivity contribution in [2.75, 3.05) is 7.11 Å². The molecule has 31 heavy (non-hydrogen) atoms. The highest BCUT2D eigenvalue weighted by Crippen LogP contribution is 2.25. The molecule has 2 heterocycles. The van der Waals surface area contributed by atoms with E-state index in [1.807, 2.05) is 0 Å². The molecule has 0 spiro atoms. The molecule has 164 valence electrons. The standard InChI is InChI=1S/C17H17N5O7S2/c1-21-10-15(19-11-21)30(25,26)14-7-8-22(16(18-9-14)17(23)20-24)31(27,28)13-5-3-12(29-2)4-6-13/h3-11,24H,1-2H3,(H,20,23). The van der Waals surface area contributed by atoms with Gasteiger partial charge in [0.2, 0.25) is 15.7 Å². The normalized spacial score (nSPS) is 14.5. The van der Waals surface area contributed by atoms with Crippen molar-refractivity contribution in [3.63, 3.8) is 0 Å². The predicted molar refractivity (Wildman–Crippen MR) is 107 cm³/mol. The number of benzene rings is 1. The van der Waals surface area contributed by atoms with Crippen molar-refractivity contribution < 1.29 is 31.6 Å². The van der Waals surface area contributed by atoms with Gasteiger partial charge in [0.05, 0.1) is 23.2 Å². The smallest absolute Gasteiger partial charge is 0.311 e. The van der Waals surface area contributed by atoms with Crippen LogP contribution in [0.5, 0.6) is 5.75 Å². The SMILES string of the molecule is COc1ccc(S(=O)(=O)N2C=CC(S(=O)(=O)c3cn(C)cn3)=CN=C2C(=O)NO)cc1. The third-order valence-corrected chi connectivity index (χ3v) is 7.39. The third kappa shape index (κ3) is 4.21. The van der Waals surface area contributed by atoms with E-state index in [0.717, 1.165) is 18.5 Å². The van der Waals surface area contributed by atoms with Crippen molar-refractivity contribution >= 4 is 31.6 Å². The molecule has 14 heteroatoms. The minimum atomic E-state index is -4.40. The van der Waals surface area contributed by atoms with Gasteiger partial charge in [-0.25, -0.2) is 36.6 Å². The summed E-state index contributed by atoms with van der Waals surface area (Å²) in [7, 11) is -5.58. The number of imidazole rings is 1. The molecule has 0 bridgehead atoms. The lowest BCUT2D eigenvalue weighted by atomic mass is 10.3. The Bertz CT molecular complexity index is 1310. The summed E-state index contributed by atoms with van der Waals surface area (Å²) in [6.07, 6.45) is 5.15. The Morgan fingerprint density at radius 1 is 1.16 bits per heavy atom. The van der Waals surface area contributed by atoms with Crippen LogP contribution in [0.3, 0.4) is 0 Å². The Morgan fingerprint density at radius 2 is 1.84 bits per heavy atom. The van der Waals surface area contributed by atoms with Gasteiger partial charge in [-0.3, -0.25) is 10.0 Å². The molecule has 2 N–H and O–H groups in total. The minimum absolute atomic E-state index is 0.229. The van der Waals surface area contributed by atoms with Gasteiger partial charge >= 0.3 is 5.91 Å². The number of amides is 1. The van der Waals surface area contributed by atoms with E-state index in [0.29, 0.717) is 10.1 Å². The predicted octanol–water partition coefficient (Wildman–Crippen LogP) is 0.166. The lowest BCUT2D eigenvalue weighted by Crippen LogP contribution is -2.42. The van der Waals surface area contributed by atoms with Gasteiger partial charge in [-0.05, 0) is 30.3 Å². The first-order valence-corrected chi connectivity index (χ1v) is 11.4. The number of allylic oxidation sites excluding steroid dienone is 1. The summed E-state index contributed by atoms with van der Waals surface area (Å²) in [4.78, 5) is 18.9. The van der Waals surface area contributed by atoms with Crippen LogP contribution in [0.25, 0.3) is 0 Å². The van der Waals surface area contributed by atoms with Gasteiger partial charge in [0.25, 0.3) is 10.0 Å². The van der Waals surface area contributed by atoms with Crippen LogP contribution in [-0.2, 0) is 31.7 Å². The van der Waals surface area contributed by atoms with Crippen molar-refractivity contribution in [2.45, 2.75) is 9.92 Å². The van der Waals surface area contributed by atoms with Crippen molar-refractivity contribution in [3.05, 3.63) is 60.2 Å². The number of amidine groups is 1. The van der Waals surface area contributed by atoms with Gasteiger partial charge in [-0.1, -0.05) is 0 Å². The van der Waals surface area contributed by atoms with Crippen LogP contribution in [0, 0.1) is 0 Å². The summed E-state index contributed by atoms with van der Waals surface area (Å²) < 4.78 is 58.7. The van der Waals surface area contributed by atoms with Crippen LogP contribution in [0.15, 0.2) is 75.1 Å². The Morgan fingerprint density at radius 3 is 2.39 bits per heavy atom. The molecule has 0 unspecified atom stereocenters. The number of aromatic nitrogens is 2. The molecule has 2 aromatic rings. The second-order valence-corrected chi connectivity index (χ2v) is 9.81. The average Bonchev–Trinajstić information content (AvgIpc) is 3.07. The number of sulfonamides is 1. The van der Waals surface area contributed by atoms with Crippen LogP contribution < -0.4 is 10.2 Å². The van der Waals surface area contributed by atoms with Gasteiger partial charge < -0.3 is 9.30 Å². The lowest BCUT2D eigenvalue weighted by Gasteiger charge is -2.20. The Balaban J connectivity index is 2.09. The molecule has 0 fully saturated rings.